The summed E-state index contributed by atoms with van der Waals surface area (Å²) in [6.07, 6.45) is 0. The number of hydrogen-bond donors (Lipinski definition) is 1. The van der Waals surface area contributed by atoms with Crippen molar-refractivity contribution in [2.75, 3.05) is 13.8 Å². The van der Waals surface area contributed by atoms with Crippen LogP contribution in [0.5, 0.6) is 0 Å². The lowest BCUT2D eigenvalue weighted by Gasteiger charge is -2.07. The van der Waals surface area contributed by atoms with Crippen molar-refractivity contribution in [2.24, 2.45) is 0 Å². The first-order valence-electron chi connectivity index (χ1n) is 4.53. The second-order valence-electron chi connectivity index (χ2n) is 3.33. The van der Waals surface area contributed by atoms with E-state index >= 15 is 0 Å². The van der Waals surface area contributed by atoms with E-state index in [1.54, 1.807) is 7.11 Å². The molecule has 0 saturated carbocycles. The van der Waals surface area contributed by atoms with Gasteiger partial charge in [0.2, 0.25) is 0 Å². The minimum absolute atomic E-state index is 0.150. The first kappa shape index (κ1) is 12.4. The zero-order chi connectivity index (χ0) is 11.3. The summed E-state index contributed by atoms with van der Waals surface area (Å²) in [6, 6.07) is 7.51. The Hall–Kier alpha value is -0.670. The van der Waals surface area contributed by atoms with Crippen LogP contribution in [0, 0.1) is 0 Å². The van der Waals surface area contributed by atoms with E-state index in [0.717, 1.165) is 11.1 Å². The van der Waals surface area contributed by atoms with Crippen molar-refractivity contribution in [3.63, 3.8) is 0 Å². The summed E-state index contributed by atoms with van der Waals surface area (Å²) in [4.78, 5) is 8.93. The number of ether oxygens (including phenoxy) is 1. The summed E-state index contributed by atoms with van der Waals surface area (Å²) in [7, 11) is -1.75. The summed E-state index contributed by atoms with van der Waals surface area (Å²) < 4.78 is 20.6. The molecule has 0 saturated heterocycles. The van der Waals surface area contributed by atoms with Crippen molar-refractivity contribution >= 4 is 7.60 Å². The van der Waals surface area contributed by atoms with Crippen LogP contribution < -0.4 is 0 Å². The molecule has 0 radical (unpaired) electrons. The van der Waals surface area contributed by atoms with Gasteiger partial charge in [-0.15, -0.1) is 0 Å². The van der Waals surface area contributed by atoms with Crippen LogP contribution in [0.1, 0.15) is 11.1 Å². The molecule has 1 rings (SSSR count). The molecule has 0 aliphatic carbocycles. The van der Waals surface area contributed by atoms with Crippen molar-refractivity contribution in [1.82, 2.24) is 0 Å². The second-order valence-corrected chi connectivity index (χ2v) is 5.19. The van der Waals surface area contributed by atoms with Gasteiger partial charge < -0.3 is 14.2 Å². The predicted octanol–water partition coefficient (Wildman–Crippen LogP) is 2.16. The van der Waals surface area contributed by atoms with E-state index in [-0.39, 0.29) is 6.61 Å². The van der Waals surface area contributed by atoms with E-state index in [0.29, 0.717) is 6.61 Å². The lowest BCUT2D eigenvalue weighted by Crippen LogP contribution is -1.92. The third-order valence-electron chi connectivity index (χ3n) is 1.80. The average Bonchev–Trinajstić information content (AvgIpc) is 2.16. The van der Waals surface area contributed by atoms with Gasteiger partial charge in [0.05, 0.1) is 13.2 Å². The highest BCUT2D eigenvalue weighted by Gasteiger charge is 2.09. The highest BCUT2D eigenvalue weighted by Crippen LogP contribution is 2.37. The number of benzene rings is 1. The lowest BCUT2D eigenvalue weighted by molar-refractivity contribution is 0.185. The quantitative estimate of drug-likeness (QED) is 0.787. The summed E-state index contributed by atoms with van der Waals surface area (Å²) in [5, 5.41) is 0. The fraction of sp³-hybridized carbons (Fsp3) is 0.400. The third-order valence-corrected chi connectivity index (χ3v) is 2.41. The summed E-state index contributed by atoms with van der Waals surface area (Å²) in [5.41, 5.74) is 1.93. The summed E-state index contributed by atoms with van der Waals surface area (Å²) in [6.45, 7) is 1.89. The van der Waals surface area contributed by atoms with Crippen molar-refractivity contribution < 1.29 is 18.7 Å². The maximum absolute atomic E-state index is 10.9. The van der Waals surface area contributed by atoms with Gasteiger partial charge in [-0.05, 0) is 11.1 Å². The molecule has 15 heavy (non-hydrogen) atoms. The first-order chi connectivity index (χ1) is 7.01. The van der Waals surface area contributed by atoms with Crippen LogP contribution in [-0.4, -0.2) is 18.7 Å². The summed E-state index contributed by atoms with van der Waals surface area (Å²) in [5.74, 6) is 0. The Balaban J connectivity index is 2.53. The Morgan fingerprint density at radius 3 is 2.07 bits per heavy atom. The van der Waals surface area contributed by atoms with Crippen molar-refractivity contribution in [1.29, 1.82) is 0 Å². The molecule has 1 atom stereocenters. The highest BCUT2D eigenvalue weighted by molar-refractivity contribution is 7.51. The zero-order valence-electron chi connectivity index (χ0n) is 8.84. The van der Waals surface area contributed by atoms with E-state index in [1.807, 2.05) is 24.3 Å². The van der Waals surface area contributed by atoms with Gasteiger partial charge in [-0.25, -0.2) is 0 Å². The lowest BCUT2D eigenvalue weighted by atomic mass is 10.1. The molecule has 0 heterocycles. The van der Waals surface area contributed by atoms with Crippen LogP contribution in [0.15, 0.2) is 24.3 Å². The molecular weight excluding hydrogens is 215 g/mol. The number of hydrogen-bond acceptors (Lipinski definition) is 3. The Morgan fingerprint density at radius 2 is 1.67 bits per heavy atom. The monoisotopic (exact) mass is 230 g/mol. The van der Waals surface area contributed by atoms with E-state index < -0.39 is 7.60 Å². The van der Waals surface area contributed by atoms with Crippen molar-refractivity contribution in [3.05, 3.63) is 35.4 Å². The van der Waals surface area contributed by atoms with Gasteiger partial charge >= 0.3 is 7.60 Å². The third kappa shape index (κ3) is 5.09. The van der Waals surface area contributed by atoms with Crippen LogP contribution >= 0.6 is 7.60 Å². The number of methoxy groups -OCH3 is 1. The largest absolute Gasteiger partial charge is 0.380 e. The van der Waals surface area contributed by atoms with Crippen LogP contribution in [-0.2, 0) is 27.0 Å². The highest BCUT2D eigenvalue weighted by atomic mass is 31.2. The smallest absolute Gasteiger partial charge is 0.325 e. The van der Waals surface area contributed by atoms with Crippen LogP contribution in [0.2, 0.25) is 0 Å². The molecule has 1 aromatic carbocycles. The zero-order valence-corrected chi connectivity index (χ0v) is 9.74. The van der Waals surface area contributed by atoms with Gasteiger partial charge in [-0.3, -0.25) is 4.57 Å². The maximum atomic E-state index is 10.9. The van der Waals surface area contributed by atoms with E-state index in [4.69, 9.17) is 14.2 Å². The minimum Gasteiger partial charge on any atom is -0.380 e. The van der Waals surface area contributed by atoms with Crippen molar-refractivity contribution in [2.45, 2.75) is 13.2 Å². The topological polar surface area (TPSA) is 55.8 Å². The molecule has 0 bridgehead atoms. The van der Waals surface area contributed by atoms with Gasteiger partial charge in [0.15, 0.2) is 0 Å². The molecule has 0 amide bonds. The molecule has 84 valence electrons. The van der Waals surface area contributed by atoms with Crippen LogP contribution in [0.25, 0.3) is 0 Å². The molecule has 5 heteroatoms. The van der Waals surface area contributed by atoms with E-state index in [1.165, 1.54) is 6.66 Å². The molecule has 0 aromatic heterocycles. The molecule has 1 aromatic rings. The van der Waals surface area contributed by atoms with Crippen LogP contribution in [0.4, 0.5) is 0 Å². The van der Waals surface area contributed by atoms with Gasteiger partial charge in [0, 0.05) is 13.8 Å². The molecule has 1 N–H and O–H groups in total. The predicted molar refractivity (Wildman–Crippen MR) is 57.7 cm³/mol. The Labute approximate surface area is 89.4 Å². The average molecular weight is 230 g/mol. The molecule has 0 aliphatic rings. The van der Waals surface area contributed by atoms with Gasteiger partial charge in [-0.2, -0.15) is 0 Å². The van der Waals surface area contributed by atoms with Gasteiger partial charge in [0.1, 0.15) is 0 Å². The van der Waals surface area contributed by atoms with E-state index in [9.17, 15) is 4.57 Å². The normalized spacial score (nSPS) is 14.9. The maximum Gasteiger partial charge on any atom is 0.325 e. The molecule has 1 unspecified atom stereocenters. The van der Waals surface area contributed by atoms with Gasteiger partial charge in [0.25, 0.3) is 0 Å². The molecular formula is C10H15O4P. The van der Waals surface area contributed by atoms with Gasteiger partial charge in [-0.1, -0.05) is 24.3 Å². The Bertz CT molecular complexity index is 341. The summed E-state index contributed by atoms with van der Waals surface area (Å²) >= 11 is 0. The number of rotatable bonds is 5. The molecule has 0 fully saturated rings. The minimum atomic E-state index is -3.38. The Morgan fingerprint density at radius 1 is 1.20 bits per heavy atom. The fourth-order valence-electron chi connectivity index (χ4n) is 1.09. The SMILES string of the molecule is COCc1ccc(COP(C)(=O)O)cc1. The molecule has 0 aliphatic heterocycles. The standard InChI is InChI=1S/C10H15O4P/c1-13-7-9-3-5-10(6-4-9)8-14-15(2,11)12/h3-6H,7-8H2,1-2H3,(H,11,12). The van der Waals surface area contributed by atoms with E-state index in [2.05, 4.69) is 0 Å². The fourth-order valence-corrected chi connectivity index (χ4v) is 1.48. The molecule has 4 nitrogen and oxygen atoms in total. The van der Waals surface area contributed by atoms with Crippen LogP contribution in [0.3, 0.4) is 0 Å². The van der Waals surface area contributed by atoms with Crippen molar-refractivity contribution in [3.8, 4) is 0 Å². The Kier molecular flexibility index (Phi) is 4.48. The molecule has 0 spiro atoms. The second kappa shape index (κ2) is 5.42. The first-order valence-corrected chi connectivity index (χ1v) is 6.55.